The summed E-state index contributed by atoms with van der Waals surface area (Å²) in [6, 6.07) is 9.71. The van der Waals surface area contributed by atoms with Crippen LogP contribution in [0.1, 0.15) is 0 Å². The zero-order valence-electron chi connectivity index (χ0n) is 10.4. The minimum absolute atomic E-state index is 0.429. The fourth-order valence-corrected chi connectivity index (χ4v) is 2.11. The standard InChI is InChI=1S/C13H14N4O2/c18-13-14-12(17-6-8-19-9-7-17)11(15-16-13)10-4-2-1-3-5-10/h1-5H,6-9H2,(H,14,16,18). The molecular weight excluding hydrogens is 244 g/mol. The van der Waals surface area contributed by atoms with Crippen molar-refractivity contribution in [1.29, 1.82) is 0 Å². The third kappa shape index (κ3) is 2.48. The summed E-state index contributed by atoms with van der Waals surface area (Å²) in [7, 11) is 0. The van der Waals surface area contributed by atoms with Gasteiger partial charge in [0, 0.05) is 18.7 Å². The van der Waals surface area contributed by atoms with Crippen LogP contribution in [-0.4, -0.2) is 41.5 Å². The van der Waals surface area contributed by atoms with Gasteiger partial charge in [0.05, 0.1) is 13.2 Å². The zero-order valence-corrected chi connectivity index (χ0v) is 10.4. The first-order chi connectivity index (χ1) is 9.34. The number of anilines is 1. The first-order valence-corrected chi connectivity index (χ1v) is 6.19. The van der Waals surface area contributed by atoms with Crippen LogP contribution in [0, 0.1) is 0 Å². The van der Waals surface area contributed by atoms with E-state index in [1.54, 1.807) is 0 Å². The van der Waals surface area contributed by atoms with E-state index in [9.17, 15) is 4.79 Å². The minimum Gasteiger partial charge on any atom is -0.378 e. The van der Waals surface area contributed by atoms with E-state index in [1.807, 2.05) is 35.2 Å². The highest BCUT2D eigenvalue weighted by Gasteiger charge is 2.18. The van der Waals surface area contributed by atoms with E-state index in [-0.39, 0.29) is 0 Å². The molecule has 1 aromatic heterocycles. The largest absolute Gasteiger partial charge is 0.378 e. The second kappa shape index (κ2) is 5.19. The summed E-state index contributed by atoms with van der Waals surface area (Å²) >= 11 is 0. The summed E-state index contributed by atoms with van der Waals surface area (Å²) in [5.41, 5.74) is 1.20. The highest BCUT2D eigenvalue weighted by Crippen LogP contribution is 2.25. The molecule has 1 aromatic carbocycles. The predicted molar refractivity (Wildman–Crippen MR) is 71.1 cm³/mol. The number of benzene rings is 1. The lowest BCUT2D eigenvalue weighted by Crippen LogP contribution is -2.38. The third-order valence-electron chi connectivity index (χ3n) is 3.04. The summed E-state index contributed by atoms with van der Waals surface area (Å²) in [5, 5.41) is 6.54. The number of H-pyrrole nitrogens is 1. The fraction of sp³-hybridized carbons (Fsp3) is 0.308. The average Bonchev–Trinajstić information content (AvgIpc) is 2.49. The molecule has 1 N–H and O–H groups in total. The number of ether oxygens (including phenoxy) is 1. The molecule has 2 aromatic rings. The molecule has 1 aliphatic heterocycles. The molecule has 0 amide bonds. The van der Waals surface area contributed by atoms with E-state index in [2.05, 4.69) is 15.2 Å². The summed E-state index contributed by atoms with van der Waals surface area (Å²) in [4.78, 5) is 17.5. The van der Waals surface area contributed by atoms with Crippen molar-refractivity contribution in [3.8, 4) is 11.3 Å². The second-order valence-electron chi connectivity index (χ2n) is 4.28. The number of aromatic amines is 1. The molecular formula is C13H14N4O2. The number of aromatic nitrogens is 3. The number of hydrogen-bond acceptors (Lipinski definition) is 5. The van der Waals surface area contributed by atoms with Gasteiger partial charge in [0.25, 0.3) is 0 Å². The van der Waals surface area contributed by atoms with E-state index in [1.165, 1.54) is 0 Å². The van der Waals surface area contributed by atoms with Crippen LogP contribution in [0.2, 0.25) is 0 Å². The Morgan fingerprint density at radius 2 is 1.89 bits per heavy atom. The molecule has 0 spiro atoms. The molecule has 1 fully saturated rings. The molecule has 3 rings (SSSR count). The predicted octanol–water partition coefficient (Wildman–Crippen LogP) is 0.668. The first-order valence-electron chi connectivity index (χ1n) is 6.19. The van der Waals surface area contributed by atoms with Gasteiger partial charge in [-0.25, -0.2) is 9.89 Å². The van der Waals surface area contributed by atoms with Crippen molar-refractivity contribution in [2.75, 3.05) is 31.2 Å². The number of hydrogen-bond donors (Lipinski definition) is 1. The van der Waals surface area contributed by atoms with Crippen LogP contribution in [0.25, 0.3) is 11.3 Å². The molecule has 6 nitrogen and oxygen atoms in total. The Balaban J connectivity index is 2.06. The van der Waals surface area contributed by atoms with Crippen LogP contribution in [0.4, 0.5) is 5.82 Å². The quantitative estimate of drug-likeness (QED) is 0.857. The first kappa shape index (κ1) is 11.9. The highest BCUT2D eigenvalue weighted by atomic mass is 16.5. The molecule has 2 heterocycles. The van der Waals surface area contributed by atoms with Crippen LogP contribution in [0.15, 0.2) is 35.1 Å². The zero-order chi connectivity index (χ0) is 13.1. The SMILES string of the molecule is O=c1nc(N2CCOCC2)c(-c2ccccc2)n[nH]1. The van der Waals surface area contributed by atoms with Crippen LogP contribution >= 0.6 is 0 Å². The van der Waals surface area contributed by atoms with Crippen molar-refractivity contribution in [3.63, 3.8) is 0 Å². The number of morpholine rings is 1. The Labute approximate surface area is 110 Å². The lowest BCUT2D eigenvalue weighted by atomic mass is 10.1. The second-order valence-corrected chi connectivity index (χ2v) is 4.28. The summed E-state index contributed by atoms with van der Waals surface area (Å²) < 4.78 is 5.32. The van der Waals surface area contributed by atoms with Crippen molar-refractivity contribution < 1.29 is 4.74 Å². The average molecular weight is 258 g/mol. The van der Waals surface area contributed by atoms with Gasteiger partial charge in [0.15, 0.2) is 5.82 Å². The maximum absolute atomic E-state index is 11.4. The molecule has 1 saturated heterocycles. The summed E-state index contributed by atoms with van der Waals surface area (Å²) in [6.07, 6.45) is 0. The molecule has 0 bridgehead atoms. The number of rotatable bonds is 2. The Kier molecular flexibility index (Phi) is 3.24. The van der Waals surface area contributed by atoms with Gasteiger partial charge in [-0.1, -0.05) is 30.3 Å². The molecule has 0 saturated carbocycles. The molecule has 0 unspecified atom stereocenters. The van der Waals surface area contributed by atoms with Crippen LogP contribution in [0.3, 0.4) is 0 Å². The summed E-state index contributed by atoms with van der Waals surface area (Å²) in [5.74, 6) is 0.623. The van der Waals surface area contributed by atoms with Gasteiger partial charge in [0.1, 0.15) is 5.69 Å². The Morgan fingerprint density at radius 1 is 1.16 bits per heavy atom. The molecule has 19 heavy (non-hydrogen) atoms. The van der Waals surface area contributed by atoms with Gasteiger partial charge in [-0.3, -0.25) is 0 Å². The van der Waals surface area contributed by atoms with E-state index in [4.69, 9.17) is 4.74 Å². The van der Waals surface area contributed by atoms with Gasteiger partial charge >= 0.3 is 5.69 Å². The van der Waals surface area contributed by atoms with Gasteiger partial charge in [-0.2, -0.15) is 10.1 Å². The number of nitrogens with zero attached hydrogens (tertiary/aromatic N) is 3. The monoisotopic (exact) mass is 258 g/mol. The van der Waals surface area contributed by atoms with E-state index < -0.39 is 5.69 Å². The van der Waals surface area contributed by atoms with Crippen molar-refractivity contribution in [3.05, 3.63) is 40.8 Å². The Bertz CT molecular complexity index is 606. The van der Waals surface area contributed by atoms with E-state index >= 15 is 0 Å². The maximum atomic E-state index is 11.4. The summed E-state index contributed by atoms with van der Waals surface area (Å²) in [6.45, 7) is 2.72. The van der Waals surface area contributed by atoms with Crippen molar-refractivity contribution in [1.82, 2.24) is 15.2 Å². The van der Waals surface area contributed by atoms with Crippen LogP contribution < -0.4 is 10.6 Å². The normalized spacial score (nSPS) is 15.5. The third-order valence-corrected chi connectivity index (χ3v) is 3.04. The molecule has 1 aliphatic rings. The fourth-order valence-electron chi connectivity index (χ4n) is 2.11. The van der Waals surface area contributed by atoms with Crippen molar-refractivity contribution in [2.45, 2.75) is 0 Å². The van der Waals surface area contributed by atoms with Crippen molar-refractivity contribution >= 4 is 5.82 Å². The molecule has 0 radical (unpaired) electrons. The van der Waals surface area contributed by atoms with E-state index in [0.29, 0.717) is 24.7 Å². The minimum atomic E-state index is -0.429. The van der Waals surface area contributed by atoms with Gasteiger partial charge in [-0.05, 0) is 0 Å². The Morgan fingerprint density at radius 3 is 2.63 bits per heavy atom. The Hall–Kier alpha value is -2.21. The van der Waals surface area contributed by atoms with Gasteiger partial charge in [0.2, 0.25) is 0 Å². The topological polar surface area (TPSA) is 71.1 Å². The van der Waals surface area contributed by atoms with Crippen LogP contribution in [-0.2, 0) is 4.74 Å². The lowest BCUT2D eigenvalue weighted by Gasteiger charge is -2.28. The number of nitrogens with one attached hydrogen (secondary N) is 1. The van der Waals surface area contributed by atoms with Gasteiger partial charge < -0.3 is 9.64 Å². The lowest BCUT2D eigenvalue weighted by molar-refractivity contribution is 0.122. The molecule has 0 aliphatic carbocycles. The molecule has 0 atom stereocenters. The maximum Gasteiger partial charge on any atom is 0.363 e. The van der Waals surface area contributed by atoms with Crippen LogP contribution in [0.5, 0.6) is 0 Å². The smallest absolute Gasteiger partial charge is 0.363 e. The van der Waals surface area contributed by atoms with Gasteiger partial charge in [-0.15, -0.1) is 0 Å². The van der Waals surface area contributed by atoms with Crippen molar-refractivity contribution in [2.24, 2.45) is 0 Å². The molecule has 6 heteroatoms. The van der Waals surface area contributed by atoms with E-state index in [0.717, 1.165) is 18.7 Å². The highest BCUT2D eigenvalue weighted by molar-refractivity contribution is 5.71. The molecule has 98 valence electrons.